The van der Waals surface area contributed by atoms with Crippen LogP contribution in [0.15, 0.2) is 0 Å². The van der Waals surface area contributed by atoms with Crippen LogP contribution in [0.4, 0.5) is 13.2 Å². The molecule has 0 aliphatic carbocycles. The summed E-state index contributed by atoms with van der Waals surface area (Å²) in [6, 6.07) is 0. The van der Waals surface area contributed by atoms with E-state index in [2.05, 4.69) is 4.74 Å². The van der Waals surface area contributed by atoms with Crippen LogP contribution in [0.1, 0.15) is 19.3 Å². The molecular formula is C7H9F3O3. The molecule has 1 rings (SSSR count). The van der Waals surface area contributed by atoms with E-state index in [9.17, 15) is 18.0 Å². The second-order valence-corrected chi connectivity index (χ2v) is 2.70. The largest absolute Gasteiger partial charge is 0.491 e. The number of esters is 1. The van der Waals surface area contributed by atoms with Crippen molar-refractivity contribution in [2.24, 2.45) is 0 Å². The minimum Gasteiger partial charge on any atom is -0.429 e. The molecular weight excluding hydrogens is 189 g/mol. The number of carbonyl (C=O) groups is 1. The van der Waals surface area contributed by atoms with E-state index < -0.39 is 18.4 Å². The van der Waals surface area contributed by atoms with Crippen LogP contribution in [0.25, 0.3) is 0 Å². The second-order valence-electron chi connectivity index (χ2n) is 2.70. The fraction of sp³-hybridized carbons (Fsp3) is 0.857. The summed E-state index contributed by atoms with van der Waals surface area (Å²) < 4.78 is 43.9. The average molecular weight is 198 g/mol. The Morgan fingerprint density at radius 3 is 2.54 bits per heavy atom. The molecule has 1 atom stereocenters. The number of carbonyl (C=O) groups excluding carboxylic acids is 1. The summed E-state index contributed by atoms with van der Waals surface area (Å²) in [6.45, 7) is 0.343. The molecule has 0 spiro atoms. The number of halogens is 3. The molecule has 76 valence electrons. The molecule has 1 saturated heterocycles. The summed E-state index contributed by atoms with van der Waals surface area (Å²) in [5, 5.41) is 0. The third-order valence-corrected chi connectivity index (χ3v) is 1.61. The van der Waals surface area contributed by atoms with Crippen LogP contribution >= 0.6 is 0 Å². The van der Waals surface area contributed by atoms with Gasteiger partial charge in [0.25, 0.3) is 0 Å². The first-order valence-corrected chi connectivity index (χ1v) is 3.89. The summed E-state index contributed by atoms with van der Waals surface area (Å²) in [5.41, 5.74) is 0. The van der Waals surface area contributed by atoms with Crippen LogP contribution < -0.4 is 0 Å². The lowest BCUT2D eigenvalue weighted by molar-refractivity contribution is -0.230. The molecule has 1 aliphatic heterocycles. The molecule has 3 nitrogen and oxygen atoms in total. The zero-order valence-corrected chi connectivity index (χ0v) is 6.76. The highest BCUT2D eigenvalue weighted by Gasteiger charge is 2.42. The van der Waals surface area contributed by atoms with Crippen molar-refractivity contribution in [3.05, 3.63) is 0 Å². The van der Waals surface area contributed by atoms with Gasteiger partial charge in [-0.3, -0.25) is 0 Å². The molecule has 0 N–H and O–H groups in total. The predicted octanol–water partition coefficient (Wildman–Crippen LogP) is 1.62. The van der Waals surface area contributed by atoms with Gasteiger partial charge < -0.3 is 9.47 Å². The maximum atomic E-state index is 11.7. The summed E-state index contributed by atoms with van der Waals surface area (Å²) in [4.78, 5) is 10.3. The summed E-state index contributed by atoms with van der Waals surface area (Å²) in [6.07, 6.45) is -4.11. The summed E-state index contributed by atoms with van der Waals surface area (Å²) >= 11 is 0. The molecule has 0 bridgehead atoms. The lowest BCUT2D eigenvalue weighted by atomic mass is 10.2. The van der Waals surface area contributed by atoms with Crippen molar-refractivity contribution in [3.63, 3.8) is 0 Å². The molecule has 0 saturated carbocycles. The van der Waals surface area contributed by atoms with Crippen molar-refractivity contribution in [1.82, 2.24) is 0 Å². The Balaban J connectivity index is 2.35. The molecule has 13 heavy (non-hydrogen) atoms. The summed E-state index contributed by atoms with van der Waals surface area (Å²) in [7, 11) is 0. The smallest absolute Gasteiger partial charge is 0.429 e. The van der Waals surface area contributed by atoms with Crippen molar-refractivity contribution < 1.29 is 27.4 Å². The van der Waals surface area contributed by atoms with Crippen LogP contribution in [-0.4, -0.2) is 25.0 Å². The van der Waals surface area contributed by atoms with E-state index in [1.807, 2.05) is 0 Å². The van der Waals surface area contributed by atoms with Gasteiger partial charge in [-0.05, 0) is 12.8 Å². The van der Waals surface area contributed by atoms with Gasteiger partial charge >= 0.3 is 12.1 Å². The van der Waals surface area contributed by atoms with Crippen LogP contribution in [0.3, 0.4) is 0 Å². The van der Waals surface area contributed by atoms with Crippen LogP contribution in [0.2, 0.25) is 0 Å². The maximum absolute atomic E-state index is 11.7. The lowest BCUT2D eigenvalue weighted by Crippen LogP contribution is -2.33. The molecule has 0 amide bonds. The van der Waals surface area contributed by atoms with E-state index in [-0.39, 0.29) is 0 Å². The first-order chi connectivity index (χ1) is 6.00. The molecule has 1 aliphatic rings. The van der Waals surface area contributed by atoms with E-state index in [1.54, 1.807) is 0 Å². The third-order valence-electron chi connectivity index (χ3n) is 1.61. The van der Waals surface area contributed by atoms with Gasteiger partial charge in [0, 0.05) is 6.42 Å². The lowest BCUT2D eigenvalue weighted by Gasteiger charge is -2.22. The SMILES string of the molecule is O=C(OC1CCCCO1)C(F)(F)F. The van der Waals surface area contributed by atoms with Gasteiger partial charge in [-0.2, -0.15) is 13.2 Å². The van der Waals surface area contributed by atoms with Crippen molar-refractivity contribution >= 4 is 5.97 Å². The number of hydrogen-bond acceptors (Lipinski definition) is 3. The topological polar surface area (TPSA) is 35.5 Å². The Labute approximate surface area is 72.8 Å². The van der Waals surface area contributed by atoms with Gasteiger partial charge in [-0.15, -0.1) is 0 Å². The highest BCUT2D eigenvalue weighted by Crippen LogP contribution is 2.21. The zero-order valence-electron chi connectivity index (χ0n) is 6.76. The Bertz CT molecular complexity index is 184. The highest BCUT2D eigenvalue weighted by molar-refractivity contribution is 5.75. The molecule has 0 aromatic rings. The van der Waals surface area contributed by atoms with Crippen molar-refractivity contribution in [3.8, 4) is 0 Å². The van der Waals surface area contributed by atoms with Gasteiger partial charge in [0.05, 0.1) is 6.61 Å². The van der Waals surface area contributed by atoms with Crippen molar-refractivity contribution in [2.75, 3.05) is 6.61 Å². The van der Waals surface area contributed by atoms with E-state index in [4.69, 9.17) is 4.74 Å². The Kier molecular flexibility index (Phi) is 3.13. The van der Waals surface area contributed by atoms with Gasteiger partial charge in [-0.1, -0.05) is 0 Å². The van der Waals surface area contributed by atoms with E-state index in [0.29, 0.717) is 13.0 Å². The Hall–Kier alpha value is -0.780. The monoisotopic (exact) mass is 198 g/mol. The maximum Gasteiger partial charge on any atom is 0.491 e. The third kappa shape index (κ3) is 3.22. The summed E-state index contributed by atoms with van der Waals surface area (Å²) in [5.74, 6) is -2.18. The number of rotatable bonds is 1. The number of hydrogen-bond donors (Lipinski definition) is 0. The molecule has 0 aromatic carbocycles. The quantitative estimate of drug-likeness (QED) is 0.600. The predicted molar refractivity (Wildman–Crippen MR) is 35.7 cm³/mol. The standard InChI is InChI=1S/C7H9F3O3/c8-7(9,10)6(11)13-5-3-1-2-4-12-5/h5H,1-4H2. The fourth-order valence-electron chi connectivity index (χ4n) is 0.990. The average Bonchev–Trinajstić information content (AvgIpc) is 2.04. The molecule has 0 aromatic heterocycles. The normalized spacial score (nSPS) is 24.1. The van der Waals surface area contributed by atoms with Crippen molar-refractivity contribution in [2.45, 2.75) is 31.7 Å². The fourth-order valence-corrected chi connectivity index (χ4v) is 0.990. The molecule has 1 unspecified atom stereocenters. The Morgan fingerprint density at radius 2 is 2.08 bits per heavy atom. The van der Waals surface area contributed by atoms with Gasteiger partial charge in [0.15, 0.2) is 0 Å². The van der Waals surface area contributed by atoms with Gasteiger partial charge in [0.2, 0.25) is 6.29 Å². The number of alkyl halides is 3. The van der Waals surface area contributed by atoms with Crippen molar-refractivity contribution in [1.29, 1.82) is 0 Å². The van der Waals surface area contributed by atoms with E-state index in [0.717, 1.165) is 12.8 Å². The molecule has 1 heterocycles. The highest BCUT2D eigenvalue weighted by atomic mass is 19.4. The minimum absolute atomic E-state index is 0.335. The van der Waals surface area contributed by atoms with Gasteiger partial charge in [0.1, 0.15) is 0 Å². The van der Waals surface area contributed by atoms with E-state index >= 15 is 0 Å². The van der Waals surface area contributed by atoms with Crippen LogP contribution in [-0.2, 0) is 14.3 Å². The zero-order chi connectivity index (χ0) is 9.90. The van der Waals surface area contributed by atoms with Gasteiger partial charge in [-0.25, -0.2) is 4.79 Å². The van der Waals surface area contributed by atoms with Crippen LogP contribution in [0.5, 0.6) is 0 Å². The van der Waals surface area contributed by atoms with Crippen LogP contribution in [0, 0.1) is 0 Å². The first-order valence-electron chi connectivity index (χ1n) is 3.89. The van der Waals surface area contributed by atoms with E-state index in [1.165, 1.54) is 0 Å². The molecule has 6 heteroatoms. The molecule has 1 fully saturated rings. The first kappa shape index (κ1) is 10.3. The number of ether oxygens (including phenoxy) is 2. The second kappa shape index (κ2) is 3.95. The minimum atomic E-state index is -4.93. The Morgan fingerprint density at radius 1 is 1.38 bits per heavy atom. The molecule has 0 radical (unpaired) electrons.